The fourth-order valence-corrected chi connectivity index (χ4v) is 3.63. The van der Waals surface area contributed by atoms with Gasteiger partial charge in [-0.2, -0.15) is 0 Å². The molecule has 3 N–H and O–H groups in total. The van der Waals surface area contributed by atoms with Crippen molar-refractivity contribution in [2.45, 2.75) is 46.4 Å². The second kappa shape index (κ2) is 12.2. The van der Waals surface area contributed by atoms with E-state index < -0.39 is 0 Å². The highest BCUT2D eigenvalue weighted by atomic mass is 16.5. The maximum atomic E-state index is 5.94. The molecule has 7 nitrogen and oxygen atoms in total. The van der Waals surface area contributed by atoms with Crippen molar-refractivity contribution in [2.75, 3.05) is 38.7 Å². The van der Waals surface area contributed by atoms with Crippen molar-refractivity contribution >= 4 is 11.6 Å². The van der Waals surface area contributed by atoms with E-state index in [4.69, 9.17) is 19.2 Å². The van der Waals surface area contributed by atoms with Crippen molar-refractivity contribution in [3.05, 3.63) is 53.1 Å². The Morgan fingerprint density at radius 3 is 2.69 bits per heavy atom. The van der Waals surface area contributed by atoms with Gasteiger partial charge in [0.2, 0.25) is 0 Å². The molecule has 2 aromatic carbocycles. The summed E-state index contributed by atoms with van der Waals surface area (Å²) in [6, 6.07) is 12.5. The van der Waals surface area contributed by atoms with Crippen LogP contribution >= 0.6 is 0 Å². The molecular weight excluding hydrogens is 404 g/mol. The van der Waals surface area contributed by atoms with Crippen molar-refractivity contribution in [2.24, 2.45) is 4.99 Å². The molecule has 1 heterocycles. The smallest absolute Gasteiger partial charge is 0.191 e. The van der Waals surface area contributed by atoms with Gasteiger partial charge < -0.3 is 30.2 Å². The van der Waals surface area contributed by atoms with Gasteiger partial charge in [-0.05, 0) is 50.6 Å². The van der Waals surface area contributed by atoms with Crippen LogP contribution in [-0.2, 0) is 24.2 Å². The first-order valence-corrected chi connectivity index (χ1v) is 11.4. The molecule has 0 spiro atoms. The van der Waals surface area contributed by atoms with E-state index in [2.05, 4.69) is 66.2 Å². The SMILES string of the molecule is CCNC(=NCc1ccc(NCCOC)cc1)NCc1cc2c(cc1OCC)CC(C)O2. The summed E-state index contributed by atoms with van der Waals surface area (Å²) in [6.07, 6.45) is 1.14. The van der Waals surface area contributed by atoms with Gasteiger partial charge in [-0.25, -0.2) is 4.99 Å². The number of methoxy groups -OCH3 is 1. The quantitative estimate of drug-likeness (QED) is 0.281. The van der Waals surface area contributed by atoms with Crippen molar-refractivity contribution in [1.82, 2.24) is 10.6 Å². The number of rotatable bonds is 11. The lowest BCUT2D eigenvalue weighted by Gasteiger charge is -2.15. The van der Waals surface area contributed by atoms with Crippen LogP contribution in [-0.4, -0.2) is 45.5 Å². The van der Waals surface area contributed by atoms with Crippen LogP contribution in [0.25, 0.3) is 0 Å². The van der Waals surface area contributed by atoms with Gasteiger partial charge in [-0.1, -0.05) is 12.1 Å². The molecule has 1 atom stereocenters. The van der Waals surface area contributed by atoms with E-state index in [1.807, 2.05) is 6.92 Å². The van der Waals surface area contributed by atoms with Crippen molar-refractivity contribution in [1.29, 1.82) is 0 Å². The van der Waals surface area contributed by atoms with Crippen LogP contribution in [0.1, 0.15) is 37.5 Å². The summed E-state index contributed by atoms with van der Waals surface area (Å²) in [4.78, 5) is 4.75. The first kappa shape index (κ1) is 23.7. The zero-order valence-electron chi connectivity index (χ0n) is 19.7. The number of nitrogens with one attached hydrogen (secondary N) is 3. The Morgan fingerprint density at radius 1 is 1.16 bits per heavy atom. The zero-order valence-corrected chi connectivity index (χ0v) is 19.7. The predicted molar refractivity (Wildman–Crippen MR) is 130 cm³/mol. The minimum absolute atomic E-state index is 0.211. The average Bonchev–Trinajstić information content (AvgIpc) is 3.15. The van der Waals surface area contributed by atoms with Gasteiger partial charge >= 0.3 is 0 Å². The van der Waals surface area contributed by atoms with E-state index >= 15 is 0 Å². The normalized spacial score (nSPS) is 15.1. The van der Waals surface area contributed by atoms with Crippen molar-refractivity contribution in [3.8, 4) is 11.5 Å². The molecule has 174 valence electrons. The Kier molecular flexibility index (Phi) is 9.04. The summed E-state index contributed by atoms with van der Waals surface area (Å²) >= 11 is 0. The Labute approximate surface area is 191 Å². The van der Waals surface area contributed by atoms with Gasteiger partial charge in [0.25, 0.3) is 0 Å². The molecule has 0 aromatic heterocycles. The van der Waals surface area contributed by atoms with Gasteiger partial charge in [0, 0.05) is 50.0 Å². The Morgan fingerprint density at radius 2 is 1.97 bits per heavy atom. The molecule has 0 saturated carbocycles. The summed E-state index contributed by atoms with van der Waals surface area (Å²) in [5, 5.41) is 10.1. The fraction of sp³-hybridized carbons (Fsp3) is 0.480. The Bertz CT molecular complexity index is 884. The van der Waals surface area contributed by atoms with E-state index in [0.717, 1.165) is 53.8 Å². The highest BCUT2D eigenvalue weighted by Crippen LogP contribution is 2.35. The van der Waals surface area contributed by atoms with E-state index in [0.29, 0.717) is 26.3 Å². The molecule has 0 radical (unpaired) electrons. The average molecular weight is 441 g/mol. The number of nitrogens with zero attached hydrogens (tertiary/aromatic N) is 1. The van der Waals surface area contributed by atoms with Crippen LogP contribution < -0.4 is 25.4 Å². The molecular formula is C25H36N4O3. The maximum Gasteiger partial charge on any atom is 0.191 e. The summed E-state index contributed by atoms with van der Waals surface area (Å²) < 4.78 is 16.9. The standard InChI is InChI=1S/C25H36N4O3/c1-5-26-25(28-16-19-7-9-22(10-8-19)27-11-12-30-4)29-17-21-15-24-20(13-18(3)32-24)14-23(21)31-6-2/h7-10,14-15,18,27H,5-6,11-13,16-17H2,1-4H3,(H2,26,28,29). The highest BCUT2D eigenvalue weighted by molar-refractivity contribution is 5.79. The van der Waals surface area contributed by atoms with Crippen molar-refractivity contribution < 1.29 is 14.2 Å². The molecule has 2 aromatic rings. The first-order chi connectivity index (χ1) is 15.6. The number of fused-ring (bicyclic) bond motifs is 1. The summed E-state index contributed by atoms with van der Waals surface area (Å²) in [5.74, 6) is 2.63. The number of guanidine groups is 1. The van der Waals surface area contributed by atoms with Crippen LogP contribution in [0.3, 0.4) is 0 Å². The van der Waals surface area contributed by atoms with E-state index in [9.17, 15) is 0 Å². The van der Waals surface area contributed by atoms with Gasteiger partial charge in [0.15, 0.2) is 5.96 Å². The van der Waals surface area contributed by atoms with Crippen LogP contribution in [0.2, 0.25) is 0 Å². The van der Waals surface area contributed by atoms with E-state index in [1.165, 1.54) is 5.56 Å². The summed E-state index contributed by atoms with van der Waals surface area (Å²) in [5.41, 5.74) is 4.51. The van der Waals surface area contributed by atoms with Crippen LogP contribution in [0.4, 0.5) is 5.69 Å². The van der Waals surface area contributed by atoms with Crippen LogP contribution in [0.5, 0.6) is 11.5 Å². The lowest BCUT2D eigenvalue weighted by molar-refractivity contribution is 0.211. The largest absolute Gasteiger partial charge is 0.494 e. The number of aliphatic imine (C=N–C) groups is 1. The number of anilines is 1. The lowest BCUT2D eigenvalue weighted by atomic mass is 10.1. The molecule has 7 heteroatoms. The molecule has 1 aliphatic rings. The first-order valence-electron chi connectivity index (χ1n) is 11.4. The van der Waals surface area contributed by atoms with Gasteiger partial charge in [0.1, 0.15) is 17.6 Å². The lowest BCUT2D eigenvalue weighted by Crippen LogP contribution is -2.36. The second-order valence-electron chi connectivity index (χ2n) is 7.80. The van der Waals surface area contributed by atoms with E-state index in [1.54, 1.807) is 7.11 Å². The zero-order chi connectivity index (χ0) is 22.8. The molecule has 1 aliphatic heterocycles. The molecule has 0 saturated heterocycles. The molecule has 0 fully saturated rings. The molecule has 3 rings (SSSR count). The van der Waals surface area contributed by atoms with Crippen LogP contribution in [0.15, 0.2) is 41.4 Å². The van der Waals surface area contributed by atoms with E-state index in [-0.39, 0.29) is 6.10 Å². The predicted octanol–water partition coefficient (Wildman–Crippen LogP) is 3.72. The fourth-order valence-electron chi connectivity index (χ4n) is 3.63. The number of hydrogen-bond donors (Lipinski definition) is 3. The molecule has 0 bridgehead atoms. The third-order valence-electron chi connectivity index (χ3n) is 5.18. The molecule has 0 amide bonds. The third-order valence-corrected chi connectivity index (χ3v) is 5.18. The van der Waals surface area contributed by atoms with Gasteiger partial charge in [0.05, 0.1) is 19.8 Å². The Balaban J connectivity index is 1.63. The second-order valence-corrected chi connectivity index (χ2v) is 7.80. The topological polar surface area (TPSA) is 76.1 Å². The van der Waals surface area contributed by atoms with Crippen LogP contribution in [0, 0.1) is 0 Å². The van der Waals surface area contributed by atoms with Gasteiger partial charge in [-0.3, -0.25) is 0 Å². The number of hydrogen-bond acceptors (Lipinski definition) is 5. The minimum atomic E-state index is 0.211. The molecule has 32 heavy (non-hydrogen) atoms. The monoisotopic (exact) mass is 440 g/mol. The third kappa shape index (κ3) is 6.79. The highest BCUT2D eigenvalue weighted by Gasteiger charge is 2.21. The molecule has 1 unspecified atom stereocenters. The number of ether oxygens (including phenoxy) is 3. The number of benzene rings is 2. The Hall–Kier alpha value is -2.93. The molecule has 0 aliphatic carbocycles. The summed E-state index contributed by atoms with van der Waals surface area (Å²) in [6.45, 7) is 10.3. The van der Waals surface area contributed by atoms with Gasteiger partial charge in [-0.15, -0.1) is 0 Å². The maximum absolute atomic E-state index is 5.94. The minimum Gasteiger partial charge on any atom is -0.494 e. The summed E-state index contributed by atoms with van der Waals surface area (Å²) in [7, 11) is 1.70. The van der Waals surface area contributed by atoms with Crippen molar-refractivity contribution in [3.63, 3.8) is 0 Å².